The van der Waals surface area contributed by atoms with E-state index in [1.54, 1.807) is 0 Å². The molecule has 1 aliphatic rings. The normalized spacial score (nSPS) is 15.2. The molecule has 0 saturated carbocycles. The Balaban J connectivity index is 2.30. The van der Waals surface area contributed by atoms with Crippen molar-refractivity contribution in [2.45, 2.75) is 32.1 Å². The molecule has 0 bridgehead atoms. The summed E-state index contributed by atoms with van der Waals surface area (Å²) in [6.45, 7) is 4.52. The fourth-order valence-electron chi connectivity index (χ4n) is 3.36. The molecule has 0 fully saturated rings. The molecule has 104 valence electrons. The topological polar surface area (TPSA) is 12.0 Å². The SMILES string of the molecule is CCC1(CC)c2ccc(Cl)cc2Nc2ccc(Br)cc21. The lowest BCUT2D eigenvalue weighted by Gasteiger charge is -2.40. The van der Waals surface area contributed by atoms with Crippen molar-refractivity contribution in [1.82, 2.24) is 0 Å². The van der Waals surface area contributed by atoms with Crippen LogP contribution in [0.25, 0.3) is 0 Å². The van der Waals surface area contributed by atoms with Crippen LogP contribution in [0, 0.1) is 0 Å². The maximum absolute atomic E-state index is 6.16. The molecule has 1 aliphatic heterocycles. The molecule has 0 spiro atoms. The summed E-state index contributed by atoms with van der Waals surface area (Å²) in [5.41, 5.74) is 5.09. The fraction of sp³-hybridized carbons (Fsp3) is 0.294. The molecule has 0 unspecified atom stereocenters. The third-order valence-electron chi connectivity index (χ3n) is 4.47. The van der Waals surface area contributed by atoms with Crippen LogP contribution in [0.15, 0.2) is 40.9 Å². The Morgan fingerprint density at radius 2 is 1.75 bits per heavy atom. The minimum absolute atomic E-state index is 0.0598. The van der Waals surface area contributed by atoms with Crippen LogP contribution in [0.3, 0.4) is 0 Å². The highest BCUT2D eigenvalue weighted by Crippen LogP contribution is 2.50. The molecule has 0 radical (unpaired) electrons. The summed E-state index contributed by atoms with van der Waals surface area (Å²) in [5.74, 6) is 0. The third kappa shape index (κ3) is 1.97. The van der Waals surface area contributed by atoms with Crippen LogP contribution >= 0.6 is 27.5 Å². The Morgan fingerprint density at radius 1 is 1.00 bits per heavy atom. The van der Waals surface area contributed by atoms with E-state index in [-0.39, 0.29) is 5.41 Å². The van der Waals surface area contributed by atoms with Crippen molar-refractivity contribution in [1.29, 1.82) is 0 Å². The van der Waals surface area contributed by atoms with E-state index >= 15 is 0 Å². The summed E-state index contributed by atoms with van der Waals surface area (Å²) in [5, 5.41) is 4.30. The second-order valence-corrected chi connectivity index (χ2v) is 6.65. The number of anilines is 2. The Labute approximate surface area is 133 Å². The molecule has 2 aromatic rings. The highest BCUT2D eigenvalue weighted by Gasteiger charge is 2.38. The van der Waals surface area contributed by atoms with Gasteiger partial charge in [0.25, 0.3) is 0 Å². The molecule has 2 aromatic carbocycles. The highest BCUT2D eigenvalue weighted by atomic mass is 79.9. The number of rotatable bonds is 2. The second kappa shape index (κ2) is 5.09. The molecule has 3 rings (SSSR count). The summed E-state index contributed by atoms with van der Waals surface area (Å²) in [4.78, 5) is 0. The molecule has 0 saturated heterocycles. The largest absolute Gasteiger partial charge is 0.355 e. The predicted octanol–water partition coefficient (Wildman–Crippen LogP) is 6.27. The quantitative estimate of drug-likeness (QED) is 0.673. The van der Waals surface area contributed by atoms with Crippen molar-refractivity contribution in [3.8, 4) is 0 Å². The standard InChI is InChI=1S/C17H17BrClN/c1-3-17(4-2)13-7-6-12(19)10-16(13)20-15-8-5-11(18)9-14(15)17/h5-10,20H,3-4H2,1-2H3. The van der Waals surface area contributed by atoms with E-state index in [1.165, 1.54) is 16.8 Å². The maximum Gasteiger partial charge on any atom is 0.0440 e. The number of nitrogens with one attached hydrogen (secondary N) is 1. The monoisotopic (exact) mass is 349 g/mol. The molecular weight excluding hydrogens is 334 g/mol. The fourth-order valence-corrected chi connectivity index (χ4v) is 3.89. The number of fused-ring (bicyclic) bond motifs is 2. The van der Waals surface area contributed by atoms with Gasteiger partial charge >= 0.3 is 0 Å². The lowest BCUT2D eigenvalue weighted by molar-refractivity contribution is 0.477. The summed E-state index contributed by atoms with van der Waals surface area (Å²) < 4.78 is 1.13. The van der Waals surface area contributed by atoms with Gasteiger partial charge in [-0.1, -0.05) is 47.4 Å². The lowest BCUT2D eigenvalue weighted by atomic mass is 9.68. The van der Waals surface area contributed by atoms with Gasteiger partial charge in [0.05, 0.1) is 0 Å². The molecule has 3 heteroatoms. The van der Waals surface area contributed by atoms with Gasteiger partial charge in [0.2, 0.25) is 0 Å². The lowest BCUT2D eigenvalue weighted by Crippen LogP contribution is -2.31. The van der Waals surface area contributed by atoms with Crippen molar-refractivity contribution < 1.29 is 0 Å². The van der Waals surface area contributed by atoms with Crippen LogP contribution in [-0.2, 0) is 5.41 Å². The van der Waals surface area contributed by atoms with Gasteiger partial charge in [-0.3, -0.25) is 0 Å². The van der Waals surface area contributed by atoms with Crippen molar-refractivity contribution in [3.63, 3.8) is 0 Å². The van der Waals surface area contributed by atoms with Gasteiger partial charge in [-0.05, 0) is 54.3 Å². The van der Waals surface area contributed by atoms with E-state index < -0.39 is 0 Å². The van der Waals surface area contributed by atoms with Gasteiger partial charge in [-0.2, -0.15) is 0 Å². The van der Waals surface area contributed by atoms with Gasteiger partial charge in [0.1, 0.15) is 0 Å². The average molecular weight is 351 g/mol. The van der Waals surface area contributed by atoms with E-state index in [1.807, 2.05) is 12.1 Å². The van der Waals surface area contributed by atoms with E-state index in [0.29, 0.717) is 0 Å². The molecule has 0 aromatic heterocycles. The van der Waals surface area contributed by atoms with Crippen LogP contribution < -0.4 is 5.32 Å². The van der Waals surface area contributed by atoms with Gasteiger partial charge in [-0.15, -0.1) is 0 Å². The number of hydrogen-bond acceptors (Lipinski definition) is 1. The molecule has 1 nitrogen and oxygen atoms in total. The van der Waals surface area contributed by atoms with E-state index in [9.17, 15) is 0 Å². The van der Waals surface area contributed by atoms with E-state index in [2.05, 4.69) is 59.4 Å². The maximum atomic E-state index is 6.16. The number of hydrogen-bond donors (Lipinski definition) is 1. The summed E-state index contributed by atoms with van der Waals surface area (Å²) >= 11 is 9.76. The first-order valence-electron chi connectivity index (χ1n) is 6.98. The van der Waals surface area contributed by atoms with Gasteiger partial charge in [0, 0.05) is 26.3 Å². The second-order valence-electron chi connectivity index (χ2n) is 5.29. The zero-order valence-corrected chi connectivity index (χ0v) is 14.0. The van der Waals surface area contributed by atoms with E-state index in [4.69, 9.17) is 11.6 Å². The van der Waals surface area contributed by atoms with Gasteiger partial charge in [0.15, 0.2) is 0 Å². The Hall–Kier alpha value is -0.990. The summed E-state index contributed by atoms with van der Waals surface area (Å²) in [6, 6.07) is 12.7. The van der Waals surface area contributed by atoms with Crippen molar-refractivity contribution in [2.24, 2.45) is 0 Å². The summed E-state index contributed by atoms with van der Waals surface area (Å²) in [7, 11) is 0. The average Bonchev–Trinajstić information content (AvgIpc) is 2.45. The molecule has 1 N–H and O–H groups in total. The van der Waals surface area contributed by atoms with Crippen LogP contribution in [0.1, 0.15) is 37.8 Å². The first kappa shape index (κ1) is 14.0. The van der Waals surface area contributed by atoms with Crippen LogP contribution in [0.2, 0.25) is 5.02 Å². The first-order chi connectivity index (χ1) is 9.60. The zero-order chi connectivity index (χ0) is 14.3. The highest BCUT2D eigenvalue weighted by molar-refractivity contribution is 9.10. The predicted molar refractivity (Wildman–Crippen MR) is 90.2 cm³/mol. The molecule has 0 atom stereocenters. The molecular formula is C17H17BrClN. The Bertz CT molecular complexity index is 662. The van der Waals surface area contributed by atoms with E-state index in [0.717, 1.165) is 28.0 Å². The minimum Gasteiger partial charge on any atom is -0.355 e. The minimum atomic E-state index is 0.0598. The van der Waals surface area contributed by atoms with Crippen molar-refractivity contribution in [2.75, 3.05) is 5.32 Å². The van der Waals surface area contributed by atoms with Crippen molar-refractivity contribution in [3.05, 3.63) is 57.0 Å². The molecule has 0 aliphatic carbocycles. The molecule has 1 heterocycles. The Morgan fingerprint density at radius 3 is 2.45 bits per heavy atom. The Kier molecular flexibility index (Phi) is 3.55. The van der Waals surface area contributed by atoms with Crippen LogP contribution in [0.5, 0.6) is 0 Å². The smallest absolute Gasteiger partial charge is 0.0440 e. The van der Waals surface area contributed by atoms with Crippen molar-refractivity contribution >= 4 is 38.9 Å². The molecule has 20 heavy (non-hydrogen) atoms. The van der Waals surface area contributed by atoms with Crippen LogP contribution in [-0.4, -0.2) is 0 Å². The van der Waals surface area contributed by atoms with Gasteiger partial charge < -0.3 is 5.32 Å². The first-order valence-corrected chi connectivity index (χ1v) is 8.15. The number of benzene rings is 2. The molecule has 0 amide bonds. The van der Waals surface area contributed by atoms with Gasteiger partial charge in [-0.25, -0.2) is 0 Å². The third-order valence-corrected chi connectivity index (χ3v) is 5.20. The summed E-state index contributed by atoms with van der Waals surface area (Å²) in [6.07, 6.45) is 2.15. The zero-order valence-electron chi connectivity index (χ0n) is 11.6. The van der Waals surface area contributed by atoms with Crippen LogP contribution in [0.4, 0.5) is 11.4 Å². The number of halogens is 2.